The molecule has 3 rings (SSSR count). The van der Waals surface area contributed by atoms with E-state index in [2.05, 4.69) is 4.72 Å². The molecule has 2 aromatic rings. The Kier molecular flexibility index (Phi) is 4.96. The van der Waals surface area contributed by atoms with Gasteiger partial charge < -0.3 is 10.6 Å². The van der Waals surface area contributed by atoms with E-state index in [9.17, 15) is 8.42 Å². The highest BCUT2D eigenvalue weighted by Gasteiger charge is 2.24. The Labute approximate surface area is 148 Å². The summed E-state index contributed by atoms with van der Waals surface area (Å²) in [5.41, 5.74) is 6.60. The van der Waals surface area contributed by atoms with Gasteiger partial charge in [-0.2, -0.15) is 0 Å². The van der Waals surface area contributed by atoms with Gasteiger partial charge in [0.1, 0.15) is 0 Å². The van der Waals surface area contributed by atoms with E-state index in [1.807, 2.05) is 31.2 Å². The summed E-state index contributed by atoms with van der Waals surface area (Å²) >= 11 is 0. The van der Waals surface area contributed by atoms with Gasteiger partial charge in [0.2, 0.25) is 10.0 Å². The first-order chi connectivity index (χ1) is 11.9. The van der Waals surface area contributed by atoms with Crippen molar-refractivity contribution in [3.05, 3.63) is 42.0 Å². The molecule has 1 aliphatic heterocycles. The molecule has 1 saturated heterocycles. The van der Waals surface area contributed by atoms with Crippen molar-refractivity contribution in [2.45, 2.75) is 24.7 Å². The SMILES string of the molecule is Cc1cccc2c(S(=O)(=O)NC[C@H]3CCCN(C(=N)N)C3)cccc12. The van der Waals surface area contributed by atoms with Crippen LogP contribution in [0.15, 0.2) is 41.3 Å². The van der Waals surface area contributed by atoms with Crippen LogP contribution in [0.3, 0.4) is 0 Å². The minimum atomic E-state index is -3.59. The second-order valence-electron chi connectivity index (χ2n) is 6.62. The third-order valence-electron chi connectivity index (χ3n) is 4.81. The first-order valence-electron chi connectivity index (χ1n) is 8.45. The number of likely N-dealkylation sites (tertiary alicyclic amines) is 1. The smallest absolute Gasteiger partial charge is 0.241 e. The van der Waals surface area contributed by atoms with Gasteiger partial charge in [0, 0.05) is 25.0 Å². The van der Waals surface area contributed by atoms with Crippen LogP contribution in [-0.4, -0.2) is 38.9 Å². The number of fused-ring (bicyclic) bond motifs is 1. The summed E-state index contributed by atoms with van der Waals surface area (Å²) in [7, 11) is -3.59. The molecule has 1 fully saturated rings. The van der Waals surface area contributed by atoms with Gasteiger partial charge in [-0.15, -0.1) is 0 Å². The van der Waals surface area contributed by atoms with E-state index in [0.717, 1.165) is 35.7 Å². The predicted molar refractivity (Wildman–Crippen MR) is 100 cm³/mol. The van der Waals surface area contributed by atoms with Gasteiger partial charge in [-0.1, -0.05) is 30.3 Å². The lowest BCUT2D eigenvalue weighted by molar-refractivity contribution is 0.256. The van der Waals surface area contributed by atoms with Crippen molar-refractivity contribution in [2.24, 2.45) is 11.7 Å². The van der Waals surface area contributed by atoms with Crippen molar-refractivity contribution in [3.8, 4) is 0 Å². The summed E-state index contributed by atoms with van der Waals surface area (Å²) < 4.78 is 28.4. The number of rotatable bonds is 4. The Hall–Kier alpha value is -2.12. The van der Waals surface area contributed by atoms with Crippen molar-refractivity contribution >= 4 is 26.8 Å². The van der Waals surface area contributed by atoms with E-state index >= 15 is 0 Å². The van der Waals surface area contributed by atoms with Crippen LogP contribution in [0.5, 0.6) is 0 Å². The molecule has 0 aromatic heterocycles. The summed E-state index contributed by atoms with van der Waals surface area (Å²) in [6.07, 6.45) is 1.85. The molecule has 0 amide bonds. The zero-order valence-electron chi connectivity index (χ0n) is 14.3. The molecule has 0 spiro atoms. The number of hydrogen-bond donors (Lipinski definition) is 3. The molecule has 1 aliphatic rings. The van der Waals surface area contributed by atoms with Crippen LogP contribution >= 0.6 is 0 Å². The van der Waals surface area contributed by atoms with Crippen LogP contribution in [0.4, 0.5) is 0 Å². The molecule has 0 unspecified atom stereocenters. The van der Waals surface area contributed by atoms with Crippen molar-refractivity contribution in [2.75, 3.05) is 19.6 Å². The third-order valence-corrected chi connectivity index (χ3v) is 6.29. The third kappa shape index (κ3) is 3.77. The van der Waals surface area contributed by atoms with E-state index in [1.54, 1.807) is 17.0 Å². The van der Waals surface area contributed by atoms with Crippen molar-refractivity contribution < 1.29 is 8.42 Å². The maximum Gasteiger partial charge on any atom is 0.241 e. The summed E-state index contributed by atoms with van der Waals surface area (Å²) in [6, 6.07) is 11.1. The van der Waals surface area contributed by atoms with Gasteiger partial charge in [-0.25, -0.2) is 13.1 Å². The lowest BCUT2D eigenvalue weighted by atomic mass is 9.99. The van der Waals surface area contributed by atoms with Crippen LogP contribution < -0.4 is 10.5 Å². The predicted octanol–water partition coefficient (Wildman–Crippen LogP) is 2.03. The fraction of sp³-hybridized carbons (Fsp3) is 0.389. The summed E-state index contributed by atoms with van der Waals surface area (Å²) in [5, 5.41) is 9.23. The molecule has 25 heavy (non-hydrogen) atoms. The lowest BCUT2D eigenvalue weighted by Crippen LogP contribution is -2.46. The van der Waals surface area contributed by atoms with Crippen molar-refractivity contribution in [1.29, 1.82) is 5.41 Å². The van der Waals surface area contributed by atoms with Gasteiger partial charge >= 0.3 is 0 Å². The maximum absolute atomic E-state index is 12.8. The van der Waals surface area contributed by atoms with E-state index in [-0.39, 0.29) is 11.9 Å². The Bertz CT molecular complexity index is 895. The van der Waals surface area contributed by atoms with E-state index < -0.39 is 10.0 Å². The molecule has 7 heteroatoms. The molecule has 1 heterocycles. The van der Waals surface area contributed by atoms with Crippen LogP contribution in [0.2, 0.25) is 0 Å². The molecule has 6 nitrogen and oxygen atoms in total. The largest absolute Gasteiger partial charge is 0.370 e. The molecule has 4 N–H and O–H groups in total. The minimum Gasteiger partial charge on any atom is -0.370 e. The van der Waals surface area contributed by atoms with Crippen molar-refractivity contribution in [3.63, 3.8) is 0 Å². The highest BCUT2D eigenvalue weighted by atomic mass is 32.2. The monoisotopic (exact) mass is 360 g/mol. The Morgan fingerprint density at radius 3 is 2.76 bits per heavy atom. The number of aryl methyl sites for hydroxylation is 1. The summed E-state index contributed by atoms with van der Waals surface area (Å²) in [6.45, 7) is 3.71. The molecule has 2 aromatic carbocycles. The number of guanidine groups is 1. The van der Waals surface area contributed by atoms with E-state index in [1.165, 1.54) is 0 Å². The Balaban J connectivity index is 1.79. The Morgan fingerprint density at radius 1 is 1.28 bits per heavy atom. The van der Waals surface area contributed by atoms with Gasteiger partial charge in [-0.3, -0.25) is 5.41 Å². The highest BCUT2D eigenvalue weighted by Crippen LogP contribution is 2.25. The van der Waals surface area contributed by atoms with Gasteiger partial charge in [0.15, 0.2) is 5.96 Å². The first kappa shape index (κ1) is 17.7. The second-order valence-corrected chi connectivity index (χ2v) is 8.35. The molecule has 0 saturated carbocycles. The van der Waals surface area contributed by atoms with Crippen LogP contribution in [0.1, 0.15) is 18.4 Å². The van der Waals surface area contributed by atoms with Crippen LogP contribution in [0.25, 0.3) is 10.8 Å². The summed E-state index contributed by atoms with van der Waals surface area (Å²) in [4.78, 5) is 2.11. The average Bonchev–Trinajstić information content (AvgIpc) is 2.60. The topological polar surface area (TPSA) is 99.3 Å². The highest BCUT2D eigenvalue weighted by molar-refractivity contribution is 7.89. The van der Waals surface area contributed by atoms with Crippen LogP contribution in [0, 0.1) is 18.3 Å². The number of hydrogen-bond acceptors (Lipinski definition) is 3. The van der Waals surface area contributed by atoms with Gasteiger partial charge in [-0.05, 0) is 42.7 Å². The van der Waals surface area contributed by atoms with E-state index in [4.69, 9.17) is 11.1 Å². The molecule has 0 radical (unpaired) electrons. The number of piperidine rings is 1. The standard InChI is InChI=1S/C18H24N4O2S/c1-13-5-2-8-16-15(13)7-3-9-17(16)25(23,24)21-11-14-6-4-10-22(12-14)18(19)20/h2-3,5,7-9,14,21H,4,6,10-12H2,1H3,(H3,19,20)/t14-/m1/s1. The number of benzene rings is 2. The van der Waals surface area contributed by atoms with E-state index in [0.29, 0.717) is 18.0 Å². The van der Waals surface area contributed by atoms with Gasteiger partial charge in [0.25, 0.3) is 0 Å². The zero-order valence-corrected chi connectivity index (χ0v) is 15.1. The maximum atomic E-state index is 12.8. The number of nitrogens with zero attached hydrogens (tertiary/aromatic N) is 1. The van der Waals surface area contributed by atoms with Crippen molar-refractivity contribution in [1.82, 2.24) is 9.62 Å². The zero-order chi connectivity index (χ0) is 18.0. The Morgan fingerprint density at radius 2 is 2.00 bits per heavy atom. The fourth-order valence-electron chi connectivity index (χ4n) is 3.43. The average molecular weight is 360 g/mol. The molecular formula is C18H24N4O2S. The second kappa shape index (κ2) is 7.01. The normalized spacial score (nSPS) is 18.4. The fourth-order valence-corrected chi connectivity index (χ4v) is 4.76. The number of nitrogens with two attached hydrogens (primary N) is 1. The first-order valence-corrected chi connectivity index (χ1v) is 9.94. The summed E-state index contributed by atoms with van der Waals surface area (Å²) in [5.74, 6) is 0.209. The number of nitrogens with one attached hydrogen (secondary N) is 2. The van der Waals surface area contributed by atoms with Gasteiger partial charge in [0.05, 0.1) is 4.90 Å². The number of sulfonamides is 1. The molecule has 1 atom stereocenters. The quantitative estimate of drug-likeness (QED) is 0.574. The molecular weight excluding hydrogens is 336 g/mol. The van der Waals surface area contributed by atoms with Crippen LogP contribution in [-0.2, 0) is 10.0 Å². The lowest BCUT2D eigenvalue weighted by Gasteiger charge is -2.32. The molecule has 0 bridgehead atoms. The minimum absolute atomic E-state index is 0.0529. The molecule has 134 valence electrons. The molecule has 0 aliphatic carbocycles.